The molecule has 2 rings (SSSR count). The first-order valence-electron chi connectivity index (χ1n) is 4.34. The van der Waals surface area contributed by atoms with Gasteiger partial charge < -0.3 is 5.32 Å². The van der Waals surface area contributed by atoms with Crippen molar-refractivity contribution in [3.05, 3.63) is 11.1 Å². The molecule has 0 amide bonds. The van der Waals surface area contributed by atoms with E-state index in [0.29, 0.717) is 5.41 Å². The summed E-state index contributed by atoms with van der Waals surface area (Å²) in [4.78, 5) is 4.35. The molecule has 2 nitrogen and oxygen atoms in total. The Balaban J connectivity index is 1.87. The molecule has 1 heterocycles. The molecule has 12 heavy (non-hydrogen) atoms. The van der Waals surface area contributed by atoms with E-state index in [1.54, 1.807) is 11.3 Å². The van der Waals surface area contributed by atoms with Crippen LogP contribution < -0.4 is 5.32 Å². The second-order valence-electron chi connectivity index (χ2n) is 3.96. The smallest absolute Gasteiger partial charge is 0.182 e. The zero-order valence-corrected chi connectivity index (χ0v) is 8.37. The van der Waals surface area contributed by atoms with Crippen molar-refractivity contribution in [3.8, 4) is 0 Å². The molecule has 0 bridgehead atoms. The second-order valence-corrected chi connectivity index (χ2v) is 4.82. The SMILES string of the molecule is Cc1csc(NCC2(C)CC2)n1. The van der Waals surface area contributed by atoms with Crippen LogP contribution in [0.25, 0.3) is 0 Å². The fourth-order valence-electron chi connectivity index (χ4n) is 1.11. The van der Waals surface area contributed by atoms with Crippen molar-refractivity contribution >= 4 is 16.5 Å². The lowest BCUT2D eigenvalue weighted by atomic mass is 10.1. The van der Waals surface area contributed by atoms with E-state index in [1.807, 2.05) is 6.92 Å². The highest BCUT2D eigenvalue weighted by molar-refractivity contribution is 7.13. The van der Waals surface area contributed by atoms with Crippen LogP contribution in [0.15, 0.2) is 5.38 Å². The molecule has 1 saturated carbocycles. The summed E-state index contributed by atoms with van der Waals surface area (Å²) in [5.74, 6) is 0. The average molecular weight is 182 g/mol. The van der Waals surface area contributed by atoms with Crippen LogP contribution in [-0.2, 0) is 0 Å². The molecule has 0 atom stereocenters. The highest BCUT2D eigenvalue weighted by Gasteiger charge is 2.36. The largest absolute Gasteiger partial charge is 0.361 e. The molecule has 1 N–H and O–H groups in total. The minimum atomic E-state index is 0.569. The average Bonchev–Trinajstić information content (AvgIpc) is 2.60. The number of nitrogens with one attached hydrogen (secondary N) is 1. The molecular formula is C9H14N2S. The summed E-state index contributed by atoms with van der Waals surface area (Å²) in [6, 6.07) is 0. The fourth-order valence-corrected chi connectivity index (χ4v) is 1.80. The van der Waals surface area contributed by atoms with Gasteiger partial charge in [-0.15, -0.1) is 11.3 Å². The predicted octanol–water partition coefficient (Wildman–Crippen LogP) is 2.66. The Morgan fingerprint density at radius 1 is 1.67 bits per heavy atom. The molecule has 1 aliphatic rings. The molecule has 1 aliphatic carbocycles. The molecule has 0 unspecified atom stereocenters. The van der Waals surface area contributed by atoms with Gasteiger partial charge in [0.2, 0.25) is 0 Å². The van der Waals surface area contributed by atoms with Gasteiger partial charge >= 0.3 is 0 Å². The molecule has 1 fully saturated rings. The maximum absolute atomic E-state index is 4.35. The van der Waals surface area contributed by atoms with Gasteiger partial charge in [0.05, 0.1) is 5.69 Å². The number of thiazole rings is 1. The van der Waals surface area contributed by atoms with Crippen molar-refractivity contribution in [2.24, 2.45) is 5.41 Å². The van der Waals surface area contributed by atoms with Gasteiger partial charge in [0.25, 0.3) is 0 Å². The van der Waals surface area contributed by atoms with Crippen LogP contribution in [0, 0.1) is 12.3 Å². The number of aromatic nitrogens is 1. The lowest BCUT2D eigenvalue weighted by Crippen LogP contribution is -2.11. The first kappa shape index (κ1) is 8.05. The summed E-state index contributed by atoms with van der Waals surface area (Å²) in [6.45, 7) is 5.43. The van der Waals surface area contributed by atoms with Crippen LogP contribution in [0.4, 0.5) is 5.13 Å². The summed E-state index contributed by atoms with van der Waals surface area (Å²) in [5, 5.41) is 6.53. The first-order valence-corrected chi connectivity index (χ1v) is 5.22. The molecule has 66 valence electrons. The zero-order chi connectivity index (χ0) is 8.60. The lowest BCUT2D eigenvalue weighted by Gasteiger charge is -2.07. The van der Waals surface area contributed by atoms with Crippen LogP contribution in [-0.4, -0.2) is 11.5 Å². The quantitative estimate of drug-likeness (QED) is 0.777. The molecule has 1 aromatic rings. The number of anilines is 1. The molecule has 0 spiro atoms. The first-order chi connectivity index (χ1) is 5.68. The highest BCUT2D eigenvalue weighted by Crippen LogP contribution is 2.44. The van der Waals surface area contributed by atoms with E-state index in [4.69, 9.17) is 0 Å². The van der Waals surface area contributed by atoms with Crippen LogP contribution in [0.5, 0.6) is 0 Å². The number of rotatable bonds is 3. The number of nitrogens with zero attached hydrogens (tertiary/aromatic N) is 1. The maximum atomic E-state index is 4.35. The fraction of sp³-hybridized carbons (Fsp3) is 0.667. The Morgan fingerprint density at radius 3 is 2.92 bits per heavy atom. The van der Waals surface area contributed by atoms with Gasteiger partial charge in [0, 0.05) is 11.9 Å². The second kappa shape index (κ2) is 2.73. The molecular weight excluding hydrogens is 168 g/mol. The summed E-state index contributed by atoms with van der Waals surface area (Å²) in [6.07, 6.45) is 2.73. The Hall–Kier alpha value is -0.570. The lowest BCUT2D eigenvalue weighted by molar-refractivity contribution is 0.610. The number of hydrogen-bond acceptors (Lipinski definition) is 3. The van der Waals surface area contributed by atoms with Crippen LogP contribution in [0.1, 0.15) is 25.5 Å². The van der Waals surface area contributed by atoms with E-state index in [1.165, 1.54) is 12.8 Å². The third kappa shape index (κ3) is 1.78. The topological polar surface area (TPSA) is 24.9 Å². The maximum Gasteiger partial charge on any atom is 0.182 e. The van der Waals surface area contributed by atoms with E-state index in [9.17, 15) is 0 Å². The normalized spacial score (nSPS) is 19.2. The van der Waals surface area contributed by atoms with Crippen molar-refractivity contribution in [3.63, 3.8) is 0 Å². The molecule has 0 saturated heterocycles. The van der Waals surface area contributed by atoms with E-state index in [-0.39, 0.29) is 0 Å². The Morgan fingerprint density at radius 2 is 2.42 bits per heavy atom. The van der Waals surface area contributed by atoms with Crippen molar-refractivity contribution in [2.75, 3.05) is 11.9 Å². The predicted molar refractivity (Wildman–Crippen MR) is 52.7 cm³/mol. The Kier molecular flexibility index (Phi) is 1.83. The zero-order valence-electron chi connectivity index (χ0n) is 7.55. The monoisotopic (exact) mass is 182 g/mol. The van der Waals surface area contributed by atoms with E-state index in [2.05, 4.69) is 22.6 Å². The van der Waals surface area contributed by atoms with Gasteiger partial charge in [0.1, 0.15) is 0 Å². The summed E-state index contributed by atoms with van der Waals surface area (Å²) >= 11 is 1.70. The summed E-state index contributed by atoms with van der Waals surface area (Å²) in [5.41, 5.74) is 1.68. The van der Waals surface area contributed by atoms with Gasteiger partial charge in [-0.25, -0.2) is 4.98 Å². The number of aryl methyl sites for hydroxylation is 1. The van der Waals surface area contributed by atoms with Gasteiger partial charge in [-0.1, -0.05) is 6.92 Å². The van der Waals surface area contributed by atoms with Gasteiger partial charge in [-0.3, -0.25) is 0 Å². The summed E-state index contributed by atoms with van der Waals surface area (Å²) in [7, 11) is 0. The van der Waals surface area contributed by atoms with Crippen molar-refractivity contribution < 1.29 is 0 Å². The van der Waals surface area contributed by atoms with Gasteiger partial charge in [0.15, 0.2) is 5.13 Å². The van der Waals surface area contributed by atoms with Crippen LogP contribution >= 0.6 is 11.3 Å². The third-order valence-electron chi connectivity index (χ3n) is 2.39. The van der Waals surface area contributed by atoms with Crippen molar-refractivity contribution in [2.45, 2.75) is 26.7 Å². The van der Waals surface area contributed by atoms with Crippen molar-refractivity contribution in [1.82, 2.24) is 4.98 Å². The molecule has 3 heteroatoms. The molecule has 0 aliphatic heterocycles. The standard InChI is InChI=1S/C9H14N2S/c1-7-5-12-8(11-7)10-6-9(2)3-4-9/h5H,3-4,6H2,1-2H3,(H,10,11). The van der Waals surface area contributed by atoms with E-state index in [0.717, 1.165) is 17.4 Å². The molecule has 0 aromatic carbocycles. The molecule has 0 radical (unpaired) electrons. The minimum absolute atomic E-state index is 0.569. The Bertz CT molecular complexity index is 276. The van der Waals surface area contributed by atoms with Crippen LogP contribution in [0.2, 0.25) is 0 Å². The van der Waals surface area contributed by atoms with E-state index >= 15 is 0 Å². The third-order valence-corrected chi connectivity index (χ3v) is 3.31. The van der Waals surface area contributed by atoms with Gasteiger partial charge in [-0.2, -0.15) is 0 Å². The van der Waals surface area contributed by atoms with E-state index < -0.39 is 0 Å². The Labute approximate surface area is 77.0 Å². The van der Waals surface area contributed by atoms with Gasteiger partial charge in [-0.05, 0) is 25.2 Å². The van der Waals surface area contributed by atoms with Crippen LogP contribution in [0.3, 0.4) is 0 Å². The number of hydrogen-bond donors (Lipinski definition) is 1. The van der Waals surface area contributed by atoms with Crippen molar-refractivity contribution in [1.29, 1.82) is 0 Å². The highest BCUT2D eigenvalue weighted by atomic mass is 32.1. The summed E-state index contributed by atoms with van der Waals surface area (Å²) < 4.78 is 0. The minimum Gasteiger partial charge on any atom is -0.361 e. The molecule has 1 aromatic heterocycles.